The molecule has 0 aromatic carbocycles. The Kier molecular flexibility index (Phi) is 11.1. The number of carbonyl (C=O) groups is 1. The number of carbonyl (C=O) groups excluding carboxylic acids is 1. The van der Waals surface area contributed by atoms with Gasteiger partial charge in [-0.1, -0.05) is 26.2 Å². The monoisotopic (exact) mass is 258 g/mol. The molecule has 0 bridgehead atoms. The van der Waals surface area contributed by atoms with Crippen molar-refractivity contribution in [1.82, 2.24) is 4.90 Å². The van der Waals surface area contributed by atoms with Gasteiger partial charge in [-0.15, -0.1) is 0 Å². The molecule has 0 rings (SSSR count). The first kappa shape index (κ1) is 17.4. The Labute approximate surface area is 112 Å². The number of amides is 1. The van der Waals surface area contributed by atoms with Crippen molar-refractivity contribution in [2.24, 2.45) is 5.73 Å². The Hall–Kier alpha value is -0.610. The van der Waals surface area contributed by atoms with Gasteiger partial charge >= 0.3 is 0 Å². The van der Waals surface area contributed by atoms with Crippen LogP contribution in [0.25, 0.3) is 0 Å². The van der Waals surface area contributed by atoms with Crippen molar-refractivity contribution < 1.29 is 9.90 Å². The summed E-state index contributed by atoms with van der Waals surface area (Å²) in [5.74, 6) is 0.154. The van der Waals surface area contributed by atoms with E-state index in [-0.39, 0.29) is 18.6 Å². The topological polar surface area (TPSA) is 66.6 Å². The van der Waals surface area contributed by atoms with Crippen molar-refractivity contribution in [3.63, 3.8) is 0 Å². The molecule has 0 saturated heterocycles. The van der Waals surface area contributed by atoms with E-state index in [1.54, 1.807) is 4.90 Å². The van der Waals surface area contributed by atoms with Gasteiger partial charge in [0.2, 0.25) is 5.91 Å². The summed E-state index contributed by atoms with van der Waals surface area (Å²) < 4.78 is 0. The van der Waals surface area contributed by atoms with Crippen LogP contribution in [0, 0.1) is 0 Å². The maximum absolute atomic E-state index is 12.0. The minimum absolute atomic E-state index is 0.0484. The third kappa shape index (κ3) is 9.42. The molecular formula is C14H30N2O2. The van der Waals surface area contributed by atoms with E-state index in [1.165, 1.54) is 12.8 Å². The molecule has 1 amide bonds. The minimum Gasteiger partial charge on any atom is -0.395 e. The van der Waals surface area contributed by atoms with Gasteiger partial charge in [-0.25, -0.2) is 0 Å². The van der Waals surface area contributed by atoms with E-state index in [0.29, 0.717) is 13.0 Å². The number of nitrogens with two attached hydrogens (primary N) is 1. The summed E-state index contributed by atoms with van der Waals surface area (Å²) in [4.78, 5) is 13.7. The summed E-state index contributed by atoms with van der Waals surface area (Å²) in [6, 6.07) is 0.161. The van der Waals surface area contributed by atoms with Gasteiger partial charge in [0.05, 0.1) is 6.61 Å². The van der Waals surface area contributed by atoms with Crippen LogP contribution in [0.5, 0.6) is 0 Å². The lowest BCUT2D eigenvalue weighted by molar-refractivity contribution is -0.131. The quantitative estimate of drug-likeness (QED) is 0.556. The first-order chi connectivity index (χ1) is 8.61. The second-order valence-electron chi connectivity index (χ2n) is 5.03. The first-order valence-corrected chi connectivity index (χ1v) is 7.26. The van der Waals surface area contributed by atoms with Crippen molar-refractivity contribution in [2.45, 2.75) is 64.8 Å². The average molecular weight is 258 g/mol. The number of hydrogen-bond acceptors (Lipinski definition) is 3. The standard InChI is InChI=1S/C14H30N2O2/c1-3-4-5-6-10-16(11-12-17)14(18)9-7-8-13(2)15/h13,17H,3-12,15H2,1-2H3. The van der Waals surface area contributed by atoms with Crippen LogP contribution in [0.4, 0.5) is 0 Å². The number of hydrogen-bond donors (Lipinski definition) is 2. The second-order valence-corrected chi connectivity index (χ2v) is 5.03. The van der Waals surface area contributed by atoms with Gasteiger partial charge in [-0.05, 0) is 26.2 Å². The SMILES string of the molecule is CCCCCCN(CCO)C(=O)CCCC(C)N. The van der Waals surface area contributed by atoms with Crippen LogP contribution in [0.2, 0.25) is 0 Å². The lowest BCUT2D eigenvalue weighted by atomic mass is 10.1. The highest BCUT2D eigenvalue weighted by molar-refractivity contribution is 5.76. The van der Waals surface area contributed by atoms with Crippen molar-refractivity contribution in [2.75, 3.05) is 19.7 Å². The summed E-state index contributed by atoms with van der Waals surface area (Å²) in [5, 5.41) is 8.99. The maximum Gasteiger partial charge on any atom is 0.222 e. The van der Waals surface area contributed by atoms with Gasteiger partial charge < -0.3 is 15.7 Å². The predicted octanol–water partition coefficient (Wildman–Crippen LogP) is 1.91. The third-order valence-electron chi connectivity index (χ3n) is 3.05. The van der Waals surface area contributed by atoms with E-state index in [0.717, 1.165) is 32.2 Å². The number of unbranched alkanes of at least 4 members (excludes halogenated alkanes) is 3. The molecule has 0 aromatic rings. The molecule has 0 aliphatic carbocycles. The molecule has 0 radical (unpaired) electrons. The van der Waals surface area contributed by atoms with Crippen LogP contribution in [0.15, 0.2) is 0 Å². The van der Waals surface area contributed by atoms with E-state index in [2.05, 4.69) is 6.92 Å². The molecule has 108 valence electrons. The van der Waals surface area contributed by atoms with Crippen molar-refractivity contribution in [1.29, 1.82) is 0 Å². The van der Waals surface area contributed by atoms with Crippen molar-refractivity contribution >= 4 is 5.91 Å². The van der Waals surface area contributed by atoms with Gasteiger partial charge in [-0.3, -0.25) is 4.79 Å². The Bertz CT molecular complexity index is 208. The maximum atomic E-state index is 12.0. The number of aliphatic hydroxyl groups is 1. The van der Waals surface area contributed by atoms with Crippen LogP contribution in [0.3, 0.4) is 0 Å². The van der Waals surface area contributed by atoms with Gasteiger partial charge in [-0.2, -0.15) is 0 Å². The summed E-state index contributed by atoms with van der Waals surface area (Å²) in [6.45, 7) is 5.42. The van der Waals surface area contributed by atoms with Crippen LogP contribution in [-0.4, -0.2) is 41.7 Å². The second kappa shape index (κ2) is 11.5. The molecule has 0 saturated carbocycles. The average Bonchev–Trinajstić information content (AvgIpc) is 2.32. The molecule has 18 heavy (non-hydrogen) atoms. The van der Waals surface area contributed by atoms with E-state index in [1.807, 2.05) is 6.92 Å². The molecule has 0 spiro atoms. The van der Waals surface area contributed by atoms with Crippen molar-refractivity contribution in [3.8, 4) is 0 Å². The fourth-order valence-corrected chi connectivity index (χ4v) is 1.94. The van der Waals surface area contributed by atoms with Gasteiger partial charge in [0.1, 0.15) is 0 Å². The van der Waals surface area contributed by atoms with E-state index >= 15 is 0 Å². The molecule has 0 aromatic heterocycles. The first-order valence-electron chi connectivity index (χ1n) is 7.26. The Balaban J connectivity index is 3.86. The Morgan fingerprint density at radius 3 is 2.50 bits per heavy atom. The minimum atomic E-state index is 0.0484. The Morgan fingerprint density at radius 1 is 1.22 bits per heavy atom. The van der Waals surface area contributed by atoms with Gasteiger partial charge in [0, 0.05) is 25.6 Å². The van der Waals surface area contributed by atoms with E-state index in [4.69, 9.17) is 10.8 Å². The van der Waals surface area contributed by atoms with Crippen LogP contribution < -0.4 is 5.73 Å². The predicted molar refractivity (Wildman–Crippen MR) is 75.3 cm³/mol. The van der Waals surface area contributed by atoms with E-state index < -0.39 is 0 Å². The molecule has 0 aliphatic heterocycles. The highest BCUT2D eigenvalue weighted by Gasteiger charge is 2.12. The summed E-state index contributed by atoms with van der Waals surface area (Å²) in [6.07, 6.45) is 6.88. The van der Waals surface area contributed by atoms with E-state index in [9.17, 15) is 4.79 Å². The molecule has 0 aliphatic rings. The zero-order valence-electron chi connectivity index (χ0n) is 12.0. The Morgan fingerprint density at radius 2 is 1.94 bits per heavy atom. The molecule has 1 unspecified atom stereocenters. The summed E-state index contributed by atoms with van der Waals surface area (Å²) >= 11 is 0. The molecule has 1 atom stereocenters. The molecule has 0 heterocycles. The van der Waals surface area contributed by atoms with Crippen LogP contribution >= 0.6 is 0 Å². The highest BCUT2D eigenvalue weighted by atomic mass is 16.3. The summed E-state index contributed by atoms with van der Waals surface area (Å²) in [7, 11) is 0. The third-order valence-corrected chi connectivity index (χ3v) is 3.05. The fraction of sp³-hybridized carbons (Fsp3) is 0.929. The fourth-order valence-electron chi connectivity index (χ4n) is 1.94. The largest absolute Gasteiger partial charge is 0.395 e. The zero-order chi connectivity index (χ0) is 13.8. The molecule has 0 fully saturated rings. The van der Waals surface area contributed by atoms with Crippen molar-refractivity contribution in [3.05, 3.63) is 0 Å². The lowest BCUT2D eigenvalue weighted by Crippen LogP contribution is -2.34. The van der Waals surface area contributed by atoms with Crippen LogP contribution in [0.1, 0.15) is 58.8 Å². The zero-order valence-corrected chi connectivity index (χ0v) is 12.0. The van der Waals surface area contributed by atoms with Gasteiger partial charge in [0.15, 0.2) is 0 Å². The highest BCUT2D eigenvalue weighted by Crippen LogP contribution is 2.06. The van der Waals surface area contributed by atoms with Crippen LogP contribution in [-0.2, 0) is 4.79 Å². The normalized spacial score (nSPS) is 12.4. The molecular weight excluding hydrogens is 228 g/mol. The number of aliphatic hydroxyl groups excluding tert-OH is 1. The molecule has 3 N–H and O–H groups in total. The van der Waals surface area contributed by atoms with Gasteiger partial charge in [0.25, 0.3) is 0 Å². The lowest BCUT2D eigenvalue weighted by Gasteiger charge is -2.22. The summed E-state index contributed by atoms with van der Waals surface area (Å²) in [5.41, 5.74) is 5.66. The molecule has 4 heteroatoms. The smallest absolute Gasteiger partial charge is 0.222 e. The number of nitrogens with zero attached hydrogens (tertiary/aromatic N) is 1. The molecule has 4 nitrogen and oxygen atoms in total. The number of rotatable bonds is 11.